The number of benzene rings is 1. The molecule has 0 aliphatic rings. The second kappa shape index (κ2) is 6.55. The summed E-state index contributed by atoms with van der Waals surface area (Å²) in [6.45, 7) is 4.87. The summed E-state index contributed by atoms with van der Waals surface area (Å²) in [7, 11) is 1.79. The second-order valence-electron chi connectivity index (χ2n) is 5.99. The first-order valence-electron chi connectivity index (χ1n) is 8.60. The molecule has 0 saturated heterocycles. The number of nitrogens with one attached hydrogen (secondary N) is 1. The molecule has 0 unspecified atom stereocenters. The largest absolute Gasteiger partial charge is 0.357 e. The van der Waals surface area contributed by atoms with Gasteiger partial charge >= 0.3 is 0 Å². The molecule has 3 aromatic heterocycles. The zero-order chi connectivity index (χ0) is 18.1. The van der Waals surface area contributed by atoms with Gasteiger partial charge in [-0.3, -0.25) is 0 Å². The third-order valence-electron chi connectivity index (χ3n) is 4.12. The number of hydrogen-bond donors (Lipinski definition) is 1. The van der Waals surface area contributed by atoms with Crippen molar-refractivity contribution >= 4 is 17.0 Å². The number of anilines is 1. The Hall–Kier alpha value is -3.29. The second-order valence-corrected chi connectivity index (χ2v) is 5.99. The van der Waals surface area contributed by atoms with Crippen LogP contribution in [0.2, 0.25) is 0 Å². The Morgan fingerprint density at radius 3 is 2.58 bits per heavy atom. The molecule has 8 nitrogen and oxygen atoms in total. The van der Waals surface area contributed by atoms with Crippen LogP contribution < -0.4 is 5.32 Å². The Bertz CT molecular complexity index is 1040. The van der Waals surface area contributed by atoms with Crippen molar-refractivity contribution in [3.63, 3.8) is 0 Å². The van der Waals surface area contributed by atoms with Crippen LogP contribution in [0.3, 0.4) is 0 Å². The summed E-state index contributed by atoms with van der Waals surface area (Å²) in [5.74, 6) is 2.67. The summed E-state index contributed by atoms with van der Waals surface area (Å²) < 4.78 is 3.96. The third-order valence-corrected chi connectivity index (χ3v) is 4.12. The molecule has 0 bridgehead atoms. The lowest BCUT2D eigenvalue weighted by atomic mass is 10.3. The number of fused-ring (bicyclic) bond motifs is 1. The first kappa shape index (κ1) is 16.2. The summed E-state index contributed by atoms with van der Waals surface area (Å²) in [5, 5.41) is 7.51. The standard InChI is InChI=1S/C18H20N8/c1-4-9-25-15-8-6-5-7-14(15)23-18(25)26-16(22-12(2)24-26)13-10-20-17(19-3)21-11-13/h5-8,10-11H,4,9H2,1-3H3,(H,19,20,21). The van der Waals surface area contributed by atoms with Crippen LogP contribution in [-0.4, -0.2) is 41.3 Å². The zero-order valence-corrected chi connectivity index (χ0v) is 15.0. The van der Waals surface area contributed by atoms with Crippen molar-refractivity contribution in [3.8, 4) is 17.3 Å². The lowest BCUT2D eigenvalue weighted by Crippen LogP contribution is -2.10. The minimum atomic E-state index is 0.565. The van der Waals surface area contributed by atoms with E-state index in [0.29, 0.717) is 17.6 Å². The third kappa shape index (κ3) is 2.69. The molecule has 0 radical (unpaired) electrons. The van der Waals surface area contributed by atoms with Crippen LogP contribution in [0, 0.1) is 6.92 Å². The Morgan fingerprint density at radius 2 is 1.85 bits per heavy atom. The molecule has 1 N–H and O–H groups in total. The van der Waals surface area contributed by atoms with E-state index in [2.05, 4.69) is 42.9 Å². The molecule has 1 aromatic carbocycles. The van der Waals surface area contributed by atoms with Gasteiger partial charge in [-0.2, -0.15) is 4.68 Å². The molecule has 26 heavy (non-hydrogen) atoms. The molecule has 4 rings (SSSR count). The number of aromatic nitrogens is 7. The van der Waals surface area contributed by atoms with Crippen LogP contribution >= 0.6 is 0 Å². The molecular formula is C18H20N8. The number of rotatable bonds is 5. The highest BCUT2D eigenvalue weighted by molar-refractivity contribution is 5.77. The van der Waals surface area contributed by atoms with Crippen molar-refractivity contribution in [2.75, 3.05) is 12.4 Å². The fourth-order valence-electron chi connectivity index (χ4n) is 2.98. The van der Waals surface area contributed by atoms with E-state index in [1.54, 1.807) is 24.1 Å². The predicted molar refractivity (Wildman–Crippen MR) is 100 cm³/mol. The summed E-state index contributed by atoms with van der Waals surface area (Å²) in [6.07, 6.45) is 4.48. The summed E-state index contributed by atoms with van der Waals surface area (Å²) in [5.41, 5.74) is 2.82. The molecule has 0 amide bonds. The maximum absolute atomic E-state index is 4.81. The van der Waals surface area contributed by atoms with E-state index in [1.165, 1.54) is 0 Å². The van der Waals surface area contributed by atoms with Crippen molar-refractivity contribution in [1.82, 2.24) is 34.3 Å². The van der Waals surface area contributed by atoms with Crippen molar-refractivity contribution in [3.05, 3.63) is 42.5 Å². The van der Waals surface area contributed by atoms with E-state index < -0.39 is 0 Å². The van der Waals surface area contributed by atoms with Crippen LogP contribution in [0.5, 0.6) is 0 Å². The molecule has 0 fully saturated rings. The highest BCUT2D eigenvalue weighted by atomic mass is 15.4. The Labute approximate surface area is 151 Å². The summed E-state index contributed by atoms with van der Waals surface area (Å²) in [6, 6.07) is 8.11. The predicted octanol–water partition coefficient (Wildman–Crippen LogP) is 2.83. The average molecular weight is 348 g/mol. The van der Waals surface area contributed by atoms with E-state index in [0.717, 1.165) is 35.5 Å². The summed E-state index contributed by atoms with van der Waals surface area (Å²) >= 11 is 0. The number of para-hydroxylation sites is 2. The van der Waals surface area contributed by atoms with Crippen LogP contribution in [0.1, 0.15) is 19.2 Å². The molecule has 0 atom stereocenters. The molecule has 0 aliphatic carbocycles. The van der Waals surface area contributed by atoms with Gasteiger partial charge in [0.15, 0.2) is 5.82 Å². The van der Waals surface area contributed by atoms with Crippen LogP contribution in [-0.2, 0) is 6.54 Å². The Morgan fingerprint density at radius 1 is 1.08 bits per heavy atom. The molecule has 4 aromatic rings. The fourth-order valence-corrected chi connectivity index (χ4v) is 2.98. The first-order valence-corrected chi connectivity index (χ1v) is 8.60. The van der Waals surface area contributed by atoms with Gasteiger partial charge in [0.2, 0.25) is 11.9 Å². The molecule has 8 heteroatoms. The molecule has 0 spiro atoms. The number of imidazole rings is 1. The van der Waals surface area contributed by atoms with Gasteiger partial charge in [0.1, 0.15) is 5.82 Å². The van der Waals surface area contributed by atoms with Gasteiger partial charge in [0.25, 0.3) is 0 Å². The van der Waals surface area contributed by atoms with E-state index in [-0.39, 0.29) is 0 Å². The molecule has 132 valence electrons. The highest BCUT2D eigenvalue weighted by Gasteiger charge is 2.19. The van der Waals surface area contributed by atoms with Crippen molar-refractivity contribution in [2.24, 2.45) is 0 Å². The quantitative estimate of drug-likeness (QED) is 0.597. The van der Waals surface area contributed by atoms with Gasteiger partial charge in [0, 0.05) is 26.0 Å². The normalized spacial score (nSPS) is 11.2. The SMILES string of the molecule is CCCn1c(-n2nc(C)nc2-c2cnc(NC)nc2)nc2ccccc21. The van der Waals surface area contributed by atoms with Crippen molar-refractivity contribution in [1.29, 1.82) is 0 Å². The minimum absolute atomic E-state index is 0.565. The van der Waals surface area contributed by atoms with Gasteiger partial charge in [-0.1, -0.05) is 19.1 Å². The molecule has 3 heterocycles. The maximum Gasteiger partial charge on any atom is 0.233 e. The Balaban J connectivity index is 1.91. The summed E-state index contributed by atoms with van der Waals surface area (Å²) in [4.78, 5) is 18.0. The molecule has 0 aliphatic heterocycles. The number of hydrogen-bond acceptors (Lipinski definition) is 6. The number of nitrogens with zero attached hydrogens (tertiary/aromatic N) is 7. The fraction of sp³-hybridized carbons (Fsp3) is 0.278. The lowest BCUT2D eigenvalue weighted by molar-refractivity contribution is 0.651. The average Bonchev–Trinajstić information content (AvgIpc) is 3.23. The first-order chi connectivity index (χ1) is 12.7. The van der Waals surface area contributed by atoms with Crippen LogP contribution in [0.15, 0.2) is 36.7 Å². The van der Waals surface area contributed by atoms with Gasteiger partial charge in [-0.05, 0) is 25.5 Å². The molecular weight excluding hydrogens is 328 g/mol. The van der Waals surface area contributed by atoms with E-state index in [4.69, 9.17) is 4.98 Å². The zero-order valence-electron chi connectivity index (χ0n) is 15.0. The van der Waals surface area contributed by atoms with Crippen LogP contribution in [0.4, 0.5) is 5.95 Å². The maximum atomic E-state index is 4.81. The number of aryl methyl sites for hydroxylation is 2. The van der Waals surface area contributed by atoms with Crippen molar-refractivity contribution < 1.29 is 0 Å². The highest BCUT2D eigenvalue weighted by Crippen LogP contribution is 2.24. The van der Waals surface area contributed by atoms with Gasteiger partial charge < -0.3 is 9.88 Å². The molecule has 0 saturated carbocycles. The smallest absolute Gasteiger partial charge is 0.233 e. The van der Waals surface area contributed by atoms with Crippen LogP contribution in [0.25, 0.3) is 28.4 Å². The Kier molecular flexibility index (Phi) is 4.08. The van der Waals surface area contributed by atoms with E-state index in [1.807, 2.05) is 25.1 Å². The minimum Gasteiger partial charge on any atom is -0.357 e. The lowest BCUT2D eigenvalue weighted by Gasteiger charge is -2.09. The van der Waals surface area contributed by atoms with Gasteiger partial charge in [-0.25, -0.2) is 19.9 Å². The van der Waals surface area contributed by atoms with Gasteiger partial charge in [-0.15, -0.1) is 5.10 Å². The topological polar surface area (TPSA) is 86.3 Å². The van der Waals surface area contributed by atoms with Gasteiger partial charge in [0.05, 0.1) is 16.6 Å². The van der Waals surface area contributed by atoms with Crippen molar-refractivity contribution in [2.45, 2.75) is 26.8 Å². The monoisotopic (exact) mass is 348 g/mol. The van der Waals surface area contributed by atoms with E-state index >= 15 is 0 Å². The van der Waals surface area contributed by atoms with E-state index in [9.17, 15) is 0 Å².